The molecule has 2 aromatic carbocycles. The lowest BCUT2D eigenvalue weighted by Gasteiger charge is -2.22. The quantitative estimate of drug-likeness (QED) is 0.685. The summed E-state index contributed by atoms with van der Waals surface area (Å²) in [5.74, 6) is 0.239. The number of carbonyl (C=O) groups is 1. The largest absolute Gasteiger partial charge is 0.312 e. The predicted molar refractivity (Wildman–Crippen MR) is 83.8 cm³/mol. The fourth-order valence-electron chi connectivity index (χ4n) is 4.06. The minimum absolute atomic E-state index is 0.239. The maximum Gasteiger partial charge on any atom is 0.231 e. The average Bonchev–Trinajstić information content (AvgIpc) is 2.88. The number of benzene rings is 2. The van der Waals surface area contributed by atoms with Crippen molar-refractivity contribution in [3.8, 4) is 0 Å². The Morgan fingerprint density at radius 2 is 1.95 bits per heavy atom. The maximum absolute atomic E-state index is 12.5. The van der Waals surface area contributed by atoms with Gasteiger partial charge in [0.05, 0.1) is 11.0 Å². The Kier molecular flexibility index (Phi) is 2.17. The van der Waals surface area contributed by atoms with E-state index in [1.54, 1.807) is 0 Å². The van der Waals surface area contributed by atoms with E-state index in [2.05, 4.69) is 29.6 Å². The number of nitrogens with one attached hydrogen (secondary N) is 1. The van der Waals surface area contributed by atoms with E-state index < -0.39 is 0 Å². The molecule has 3 heterocycles. The summed E-state index contributed by atoms with van der Waals surface area (Å²) in [6, 6.07) is 10.7. The highest BCUT2D eigenvalue weighted by Crippen LogP contribution is 2.39. The third-order valence-corrected chi connectivity index (χ3v) is 4.94. The Morgan fingerprint density at radius 3 is 2.90 bits per heavy atom. The molecule has 0 amide bonds. The first kappa shape index (κ1) is 11.5. The van der Waals surface area contributed by atoms with Crippen LogP contribution in [0.15, 0.2) is 30.3 Å². The molecule has 1 aromatic heterocycles. The van der Waals surface area contributed by atoms with E-state index in [0.717, 1.165) is 31.4 Å². The lowest BCUT2D eigenvalue weighted by molar-refractivity contribution is 0.0908. The molecule has 3 nitrogen and oxygen atoms in total. The number of aryl methyl sites for hydroxylation is 1. The molecule has 3 aromatic rings. The van der Waals surface area contributed by atoms with Crippen LogP contribution in [0.2, 0.25) is 0 Å². The number of nitrogens with zero attached hydrogens (tertiary/aromatic N) is 1. The smallest absolute Gasteiger partial charge is 0.231 e. The molecule has 21 heavy (non-hydrogen) atoms. The van der Waals surface area contributed by atoms with Crippen LogP contribution in [0.3, 0.4) is 0 Å². The van der Waals surface area contributed by atoms with Gasteiger partial charge in [-0.1, -0.05) is 24.3 Å². The average molecular weight is 276 g/mol. The van der Waals surface area contributed by atoms with Crippen molar-refractivity contribution in [3.63, 3.8) is 0 Å². The van der Waals surface area contributed by atoms with E-state index in [-0.39, 0.29) is 5.91 Å². The Labute approximate surface area is 122 Å². The van der Waals surface area contributed by atoms with Crippen molar-refractivity contribution >= 4 is 27.7 Å². The van der Waals surface area contributed by atoms with E-state index in [4.69, 9.17) is 0 Å². The van der Waals surface area contributed by atoms with Crippen LogP contribution < -0.4 is 5.32 Å². The summed E-state index contributed by atoms with van der Waals surface area (Å²) >= 11 is 0. The second-order valence-electron chi connectivity index (χ2n) is 6.07. The lowest BCUT2D eigenvalue weighted by atomic mass is 9.90. The molecule has 0 aliphatic carbocycles. The summed E-state index contributed by atoms with van der Waals surface area (Å²) in [6.45, 7) is 1.97. The molecule has 5 rings (SSSR count). The molecule has 1 N–H and O–H groups in total. The van der Waals surface area contributed by atoms with Crippen LogP contribution in [0.4, 0.5) is 0 Å². The molecule has 104 valence electrons. The normalized spacial score (nSPS) is 17.4. The topological polar surface area (TPSA) is 34.0 Å². The van der Waals surface area contributed by atoms with E-state index in [1.807, 2.05) is 10.6 Å². The molecule has 2 aliphatic rings. The standard InChI is InChI=1S/C18H16N2O/c21-16-6-5-11-9-12-10-19-8-7-13(12)17-14-3-1-2-4-15(14)20(16)18(11)17/h1-4,9,19H,5-8,10H2. The number of fused-ring (bicyclic) bond motifs is 5. The molecule has 0 bridgehead atoms. The minimum Gasteiger partial charge on any atom is -0.312 e. The van der Waals surface area contributed by atoms with Crippen molar-refractivity contribution in [2.45, 2.75) is 25.8 Å². The predicted octanol–water partition coefficient (Wildman–Crippen LogP) is 3.03. The first-order valence-electron chi connectivity index (χ1n) is 7.65. The van der Waals surface area contributed by atoms with Crippen molar-refractivity contribution < 1.29 is 4.79 Å². The van der Waals surface area contributed by atoms with Crippen molar-refractivity contribution in [2.75, 3.05) is 6.54 Å². The van der Waals surface area contributed by atoms with E-state index >= 15 is 0 Å². The van der Waals surface area contributed by atoms with Gasteiger partial charge in [0.25, 0.3) is 0 Å². The highest BCUT2D eigenvalue weighted by Gasteiger charge is 2.26. The van der Waals surface area contributed by atoms with E-state index in [0.29, 0.717) is 6.42 Å². The zero-order chi connectivity index (χ0) is 14.0. The lowest BCUT2D eigenvalue weighted by Crippen LogP contribution is -2.25. The fraction of sp³-hybridized carbons (Fsp3) is 0.278. The second kappa shape index (κ2) is 3.95. The molecule has 2 aliphatic heterocycles. The van der Waals surface area contributed by atoms with Gasteiger partial charge < -0.3 is 5.32 Å². The number of rotatable bonds is 0. The molecule has 0 saturated heterocycles. The second-order valence-corrected chi connectivity index (χ2v) is 6.07. The number of para-hydroxylation sites is 1. The van der Waals surface area contributed by atoms with Gasteiger partial charge in [0.2, 0.25) is 5.91 Å². The Bertz CT molecular complexity index is 920. The highest BCUT2D eigenvalue weighted by atomic mass is 16.2. The first-order valence-corrected chi connectivity index (χ1v) is 7.65. The highest BCUT2D eigenvalue weighted by molar-refractivity contribution is 6.16. The van der Waals surface area contributed by atoms with Gasteiger partial charge in [0, 0.05) is 23.7 Å². The SMILES string of the molecule is O=C1CCc2cc3c(c4c5ccccc5n1c24)CCNC3. The van der Waals surface area contributed by atoms with Gasteiger partial charge >= 0.3 is 0 Å². The third kappa shape index (κ3) is 1.39. The summed E-state index contributed by atoms with van der Waals surface area (Å²) in [4.78, 5) is 12.5. The van der Waals surface area contributed by atoms with Crippen molar-refractivity contribution in [3.05, 3.63) is 47.0 Å². The van der Waals surface area contributed by atoms with Gasteiger partial charge in [-0.15, -0.1) is 0 Å². The number of hydrogen-bond donors (Lipinski definition) is 1. The number of hydrogen-bond acceptors (Lipinski definition) is 2. The van der Waals surface area contributed by atoms with Crippen LogP contribution in [0.1, 0.15) is 27.9 Å². The van der Waals surface area contributed by atoms with E-state index in [9.17, 15) is 4.79 Å². The zero-order valence-electron chi connectivity index (χ0n) is 11.8. The summed E-state index contributed by atoms with van der Waals surface area (Å²) in [5.41, 5.74) is 6.44. The molecule has 3 heteroatoms. The van der Waals surface area contributed by atoms with Gasteiger partial charge in [-0.2, -0.15) is 0 Å². The molecular weight excluding hydrogens is 260 g/mol. The van der Waals surface area contributed by atoms with Crippen LogP contribution in [0.25, 0.3) is 21.8 Å². The van der Waals surface area contributed by atoms with Crippen molar-refractivity contribution in [1.29, 1.82) is 0 Å². The van der Waals surface area contributed by atoms with Gasteiger partial charge in [0.1, 0.15) is 0 Å². The minimum atomic E-state index is 0.239. The van der Waals surface area contributed by atoms with Crippen LogP contribution in [0, 0.1) is 0 Å². The third-order valence-electron chi connectivity index (χ3n) is 4.94. The van der Waals surface area contributed by atoms with Crippen molar-refractivity contribution in [2.24, 2.45) is 0 Å². The summed E-state index contributed by atoms with van der Waals surface area (Å²) in [6.07, 6.45) is 2.54. The summed E-state index contributed by atoms with van der Waals surface area (Å²) in [7, 11) is 0. The Balaban J connectivity index is 2.08. The molecular formula is C18H16N2O. The zero-order valence-corrected chi connectivity index (χ0v) is 11.8. The fourth-order valence-corrected chi connectivity index (χ4v) is 4.06. The first-order chi connectivity index (χ1) is 10.3. The maximum atomic E-state index is 12.5. The molecule has 0 fully saturated rings. The van der Waals surface area contributed by atoms with Crippen molar-refractivity contribution in [1.82, 2.24) is 9.88 Å². The Morgan fingerprint density at radius 1 is 1.05 bits per heavy atom. The molecule has 0 atom stereocenters. The summed E-state index contributed by atoms with van der Waals surface area (Å²) < 4.78 is 1.96. The molecule has 0 unspecified atom stereocenters. The van der Waals surface area contributed by atoms with Gasteiger partial charge in [-0.3, -0.25) is 9.36 Å². The van der Waals surface area contributed by atoms with Gasteiger partial charge in [0.15, 0.2) is 0 Å². The van der Waals surface area contributed by atoms with Gasteiger partial charge in [-0.05, 0) is 42.1 Å². The van der Waals surface area contributed by atoms with Crippen LogP contribution in [0.5, 0.6) is 0 Å². The number of carbonyl (C=O) groups excluding carboxylic acids is 1. The van der Waals surface area contributed by atoms with Crippen LogP contribution >= 0.6 is 0 Å². The van der Waals surface area contributed by atoms with Gasteiger partial charge in [-0.25, -0.2) is 0 Å². The molecule has 0 saturated carbocycles. The summed E-state index contributed by atoms with van der Waals surface area (Å²) in [5, 5.41) is 6.03. The van der Waals surface area contributed by atoms with E-state index in [1.165, 1.54) is 33.0 Å². The van der Waals surface area contributed by atoms with Crippen LogP contribution in [-0.4, -0.2) is 17.0 Å². The number of aromatic nitrogens is 1. The molecule has 0 radical (unpaired) electrons. The van der Waals surface area contributed by atoms with Crippen LogP contribution in [-0.2, 0) is 19.4 Å². The monoisotopic (exact) mass is 276 g/mol. The Hall–Kier alpha value is -2.13. The molecule has 0 spiro atoms.